The molecule has 2 heterocycles. The molecule has 1 amide bonds. The number of carbonyl (C=O) groups is 2. The predicted octanol–water partition coefficient (Wildman–Crippen LogP) is 2.33. The number of nitrogens with zero attached hydrogens (tertiary/aromatic N) is 4. The topological polar surface area (TPSA) is 113 Å². The van der Waals surface area contributed by atoms with Crippen LogP contribution in [0.3, 0.4) is 0 Å². The minimum atomic E-state index is -2.90. The second-order valence-electron chi connectivity index (χ2n) is 6.00. The van der Waals surface area contributed by atoms with E-state index in [1.54, 1.807) is 19.1 Å². The molecule has 31 heavy (non-hydrogen) atoms. The van der Waals surface area contributed by atoms with Crippen LogP contribution in [0.25, 0.3) is 11.4 Å². The molecular weight excluding hydrogens is 452 g/mol. The highest BCUT2D eigenvalue weighted by Crippen LogP contribution is 2.30. The van der Waals surface area contributed by atoms with Crippen molar-refractivity contribution < 1.29 is 27.8 Å². The average Bonchev–Trinajstić information content (AvgIpc) is 3.25. The molecule has 166 valence electrons. The highest BCUT2D eigenvalue weighted by molar-refractivity contribution is 8.04. The van der Waals surface area contributed by atoms with Gasteiger partial charge in [-0.05, 0) is 31.2 Å². The molecule has 0 bridgehead atoms. The summed E-state index contributed by atoms with van der Waals surface area (Å²) in [6, 6.07) is 5.87. The summed E-state index contributed by atoms with van der Waals surface area (Å²) in [7, 11) is 0. The van der Waals surface area contributed by atoms with Gasteiger partial charge in [0.25, 0.3) is 0 Å². The number of rotatable bonds is 9. The monoisotopic (exact) mass is 471 g/mol. The van der Waals surface area contributed by atoms with Crippen LogP contribution in [0.1, 0.15) is 6.92 Å². The van der Waals surface area contributed by atoms with Gasteiger partial charge in [0.2, 0.25) is 11.1 Å². The number of carbonyl (C=O) groups excluding carboxylic acids is 2. The number of alkyl halides is 2. The van der Waals surface area contributed by atoms with E-state index in [2.05, 4.69) is 14.9 Å². The molecule has 1 aliphatic heterocycles. The van der Waals surface area contributed by atoms with Crippen LogP contribution in [0.5, 0.6) is 5.75 Å². The van der Waals surface area contributed by atoms with Gasteiger partial charge in [-0.15, -0.1) is 10.2 Å². The Labute approximate surface area is 184 Å². The first-order valence-electron chi connectivity index (χ1n) is 9.09. The summed E-state index contributed by atoms with van der Waals surface area (Å²) in [4.78, 5) is 25.3. The number of aromatic nitrogens is 3. The third-order valence-corrected chi connectivity index (χ3v) is 5.94. The van der Waals surface area contributed by atoms with E-state index in [1.807, 2.05) is 0 Å². The molecule has 3 rings (SSSR count). The van der Waals surface area contributed by atoms with E-state index in [9.17, 15) is 18.4 Å². The van der Waals surface area contributed by atoms with Crippen LogP contribution in [0.2, 0.25) is 0 Å². The molecule has 0 atom stereocenters. The van der Waals surface area contributed by atoms with Crippen molar-refractivity contribution in [2.24, 2.45) is 0 Å². The zero-order valence-corrected chi connectivity index (χ0v) is 18.0. The number of ether oxygens (including phenoxy) is 2. The van der Waals surface area contributed by atoms with E-state index in [4.69, 9.17) is 10.6 Å². The fourth-order valence-corrected chi connectivity index (χ4v) is 4.38. The summed E-state index contributed by atoms with van der Waals surface area (Å²) < 4.78 is 35.0. The van der Waals surface area contributed by atoms with Crippen LogP contribution < -0.4 is 10.6 Å². The van der Waals surface area contributed by atoms with E-state index in [1.165, 1.54) is 51.3 Å². The quantitative estimate of drug-likeness (QED) is 0.255. The summed E-state index contributed by atoms with van der Waals surface area (Å²) >= 11 is 2.57. The lowest BCUT2D eigenvalue weighted by Gasteiger charge is -2.16. The van der Waals surface area contributed by atoms with Gasteiger partial charge in [-0.3, -0.25) is 4.79 Å². The van der Waals surface area contributed by atoms with Crippen molar-refractivity contribution in [2.75, 3.05) is 30.5 Å². The van der Waals surface area contributed by atoms with Crippen LogP contribution in [0, 0.1) is 0 Å². The summed E-state index contributed by atoms with van der Waals surface area (Å²) in [6.07, 6.45) is 1.31. The first-order valence-corrected chi connectivity index (χ1v) is 11.1. The van der Waals surface area contributed by atoms with Gasteiger partial charge in [-0.1, -0.05) is 23.5 Å². The van der Waals surface area contributed by atoms with Gasteiger partial charge in [-0.25, -0.2) is 9.47 Å². The van der Waals surface area contributed by atoms with Crippen LogP contribution in [-0.4, -0.2) is 62.9 Å². The van der Waals surface area contributed by atoms with Crippen molar-refractivity contribution in [2.45, 2.75) is 18.7 Å². The third-order valence-electron chi connectivity index (χ3n) is 3.99. The number of esters is 1. The van der Waals surface area contributed by atoms with E-state index in [0.29, 0.717) is 33.9 Å². The van der Waals surface area contributed by atoms with Crippen molar-refractivity contribution in [3.63, 3.8) is 0 Å². The van der Waals surface area contributed by atoms with Gasteiger partial charge in [0.15, 0.2) is 5.82 Å². The van der Waals surface area contributed by atoms with Crippen LogP contribution in [0.15, 0.2) is 40.5 Å². The van der Waals surface area contributed by atoms with Gasteiger partial charge in [-0.2, -0.15) is 8.78 Å². The van der Waals surface area contributed by atoms with Crippen molar-refractivity contribution in [3.8, 4) is 17.1 Å². The maximum Gasteiger partial charge on any atom is 0.387 e. The van der Waals surface area contributed by atoms with Crippen molar-refractivity contribution in [1.29, 1.82) is 0 Å². The first kappa shape index (κ1) is 22.9. The number of nitrogens with two attached hydrogens (primary N) is 1. The molecule has 0 radical (unpaired) electrons. The van der Waals surface area contributed by atoms with E-state index in [-0.39, 0.29) is 24.0 Å². The summed E-state index contributed by atoms with van der Waals surface area (Å²) in [5.41, 5.74) is 0.578. The number of thioether (sulfide) groups is 2. The molecule has 13 heteroatoms. The summed E-state index contributed by atoms with van der Waals surface area (Å²) in [5, 5.41) is 9.04. The molecule has 0 saturated carbocycles. The lowest BCUT2D eigenvalue weighted by atomic mass is 10.2. The van der Waals surface area contributed by atoms with Gasteiger partial charge in [0, 0.05) is 17.9 Å². The normalized spacial score (nSPS) is 15.2. The Morgan fingerprint density at radius 1 is 1.35 bits per heavy atom. The van der Waals surface area contributed by atoms with Crippen LogP contribution >= 0.6 is 23.5 Å². The number of hydrogen-bond acceptors (Lipinski definition) is 9. The molecule has 2 N–H and O–H groups in total. The average molecular weight is 472 g/mol. The molecule has 1 fully saturated rings. The van der Waals surface area contributed by atoms with E-state index >= 15 is 0 Å². The maximum absolute atomic E-state index is 12.3. The largest absolute Gasteiger partial charge is 0.463 e. The van der Waals surface area contributed by atoms with Crippen molar-refractivity contribution in [3.05, 3.63) is 35.4 Å². The number of halogens is 2. The van der Waals surface area contributed by atoms with Gasteiger partial charge in [0.05, 0.1) is 23.5 Å². The Hall–Kier alpha value is -2.80. The molecule has 0 unspecified atom stereocenters. The Bertz CT molecular complexity index is 968. The first-order chi connectivity index (χ1) is 14.9. The summed E-state index contributed by atoms with van der Waals surface area (Å²) in [5.74, 6) is 6.57. The Balaban J connectivity index is 1.61. The Morgan fingerprint density at radius 3 is 2.77 bits per heavy atom. The van der Waals surface area contributed by atoms with Crippen LogP contribution in [-0.2, 0) is 14.3 Å². The van der Waals surface area contributed by atoms with E-state index in [0.717, 1.165) is 0 Å². The number of benzene rings is 1. The summed E-state index contributed by atoms with van der Waals surface area (Å²) in [6.45, 7) is -0.585. The molecule has 1 aliphatic rings. The van der Waals surface area contributed by atoms with Crippen molar-refractivity contribution in [1.82, 2.24) is 19.8 Å². The molecule has 0 spiro atoms. The van der Waals surface area contributed by atoms with Crippen molar-refractivity contribution >= 4 is 35.4 Å². The second-order valence-corrected chi connectivity index (χ2v) is 8.05. The zero-order chi connectivity index (χ0) is 22.4. The minimum Gasteiger partial charge on any atom is -0.463 e. The molecule has 1 aromatic carbocycles. The molecule has 0 aliphatic carbocycles. The maximum atomic E-state index is 12.3. The second kappa shape index (κ2) is 10.5. The fraction of sp³-hybridized carbons (Fsp3) is 0.333. The molecule has 9 nitrogen and oxygen atoms in total. The number of amides is 1. The predicted molar refractivity (Wildman–Crippen MR) is 112 cm³/mol. The Kier molecular flexibility index (Phi) is 7.74. The lowest BCUT2D eigenvalue weighted by molar-refractivity contribution is -0.137. The van der Waals surface area contributed by atoms with Gasteiger partial charge in [0.1, 0.15) is 5.75 Å². The van der Waals surface area contributed by atoms with Gasteiger partial charge < -0.3 is 20.2 Å². The van der Waals surface area contributed by atoms with Gasteiger partial charge >= 0.3 is 12.6 Å². The SMILES string of the molecule is CCOC(=O)/C=C1/SCC(=O)N1CCSc1nnc(-c2ccc(OC(F)F)cc2)n1N. The standard InChI is InChI=1S/C18H19F2N5O4S2/c1-2-28-15(27)9-14-24(13(26)10-31-14)7-8-30-18-23-22-16(25(18)21)11-3-5-12(6-4-11)29-17(19)20/h3-6,9,17H,2,7-8,10,21H2,1H3/b14-9+. The van der Waals surface area contributed by atoms with E-state index < -0.39 is 12.6 Å². The zero-order valence-electron chi connectivity index (χ0n) is 16.4. The number of nitrogen functional groups attached to an aromatic ring is 1. The minimum absolute atomic E-state index is 0.0243. The smallest absolute Gasteiger partial charge is 0.387 e. The molecular formula is C18H19F2N5O4S2. The third kappa shape index (κ3) is 5.88. The fourth-order valence-electron chi connectivity index (χ4n) is 2.64. The molecule has 1 saturated heterocycles. The lowest BCUT2D eigenvalue weighted by Crippen LogP contribution is -2.27. The highest BCUT2D eigenvalue weighted by Gasteiger charge is 2.27. The molecule has 1 aromatic heterocycles. The highest BCUT2D eigenvalue weighted by atomic mass is 32.2. The molecule has 2 aromatic rings. The Morgan fingerprint density at radius 2 is 2.10 bits per heavy atom. The number of hydrogen-bond donors (Lipinski definition) is 1. The van der Waals surface area contributed by atoms with Crippen LogP contribution in [0.4, 0.5) is 8.78 Å².